The summed E-state index contributed by atoms with van der Waals surface area (Å²) < 4.78 is 5.08. The molecule has 2 aromatic rings. The van der Waals surface area contributed by atoms with Crippen LogP contribution in [-0.4, -0.2) is 18.4 Å². The molecule has 4 heteroatoms. The summed E-state index contributed by atoms with van der Waals surface area (Å²) >= 11 is 6.37. The van der Waals surface area contributed by atoms with E-state index in [0.717, 1.165) is 22.8 Å². The topological polar surface area (TPSA) is 39.2 Å². The Labute approximate surface area is 111 Å². The fraction of sp³-hybridized carbons (Fsp3) is 0.286. The van der Waals surface area contributed by atoms with Gasteiger partial charge in [-0.3, -0.25) is 0 Å². The summed E-state index contributed by atoms with van der Waals surface area (Å²) in [6.07, 6.45) is 1.38. The largest absolute Gasteiger partial charge is 0.481 e. The van der Waals surface area contributed by atoms with Gasteiger partial charge in [0.05, 0.1) is 17.6 Å². The molecular formula is C14H14ClNO2. The fourth-order valence-electron chi connectivity index (χ4n) is 1.93. The number of carbonyl (C=O) groups excluding carboxylic acids is 1. The van der Waals surface area contributed by atoms with E-state index in [9.17, 15) is 4.79 Å². The SMILES string of the molecule is COc1ccc2c(Cl)c(C(C)CC=O)ccc2n1. The van der Waals surface area contributed by atoms with E-state index in [4.69, 9.17) is 16.3 Å². The van der Waals surface area contributed by atoms with Gasteiger partial charge in [0.15, 0.2) is 0 Å². The summed E-state index contributed by atoms with van der Waals surface area (Å²) in [6.45, 7) is 1.98. The second-order valence-corrected chi connectivity index (χ2v) is 4.57. The second kappa shape index (κ2) is 5.36. The number of rotatable bonds is 4. The Morgan fingerprint density at radius 2 is 2.17 bits per heavy atom. The van der Waals surface area contributed by atoms with Gasteiger partial charge in [-0.25, -0.2) is 4.98 Å². The molecule has 0 saturated carbocycles. The van der Waals surface area contributed by atoms with Crippen molar-refractivity contribution in [3.05, 3.63) is 34.9 Å². The van der Waals surface area contributed by atoms with Crippen molar-refractivity contribution in [2.45, 2.75) is 19.3 Å². The molecule has 0 fully saturated rings. The molecule has 0 aliphatic rings. The number of aldehydes is 1. The lowest BCUT2D eigenvalue weighted by Gasteiger charge is -2.12. The molecule has 1 aromatic heterocycles. The van der Waals surface area contributed by atoms with E-state index in [1.54, 1.807) is 13.2 Å². The first-order valence-corrected chi connectivity index (χ1v) is 6.12. The van der Waals surface area contributed by atoms with Gasteiger partial charge in [-0.1, -0.05) is 24.6 Å². The number of hydrogen-bond acceptors (Lipinski definition) is 3. The number of hydrogen-bond donors (Lipinski definition) is 0. The van der Waals surface area contributed by atoms with Gasteiger partial charge in [0, 0.05) is 17.9 Å². The molecule has 94 valence electrons. The molecule has 0 aliphatic heterocycles. The highest BCUT2D eigenvalue weighted by Gasteiger charge is 2.12. The maximum atomic E-state index is 10.6. The quantitative estimate of drug-likeness (QED) is 0.792. The minimum absolute atomic E-state index is 0.113. The predicted octanol–water partition coefficient (Wildman–Crippen LogP) is 3.59. The number of benzene rings is 1. The number of methoxy groups -OCH3 is 1. The monoisotopic (exact) mass is 263 g/mol. The van der Waals surface area contributed by atoms with Crippen LogP contribution in [0.4, 0.5) is 0 Å². The second-order valence-electron chi connectivity index (χ2n) is 4.19. The molecule has 1 aromatic carbocycles. The van der Waals surface area contributed by atoms with Crippen molar-refractivity contribution in [1.29, 1.82) is 0 Å². The van der Waals surface area contributed by atoms with Crippen LogP contribution in [-0.2, 0) is 4.79 Å². The molecular weight excluding hydrogens is 250 g/mol. The lowest BCUT2D eigenvalue weighted by Crippen LogP contribution is -1.97. The van der Waals surface area contributed by atoms with Crippen LogP contribution < -0.4 is 4.74 Å². The Kier molecular flexibility index (Phi) is 3.82. The Balaban J connectivity index is 2.54. The van der Waals surface area contributed by atoms with Gasteiger partial charge in [0.2, 0.25) is 5.88 Å². The molecule has 1 atom stereocenters. The summed E-state index contributed by atoms with van der Waals surface area (Å²) in [6, 6.07) is 7.49. The van der Waals surface area contributed by atoms with Crippen molar-refractivity contribution in [3.8, 4) is 5.88 Å². The van der Waals surface area contributed by atoms with E-state index in [2.05, 4.69) is 4.98 Å². The Bertz CT molecular complexity index is 583. The average Bonchev–Trinajstić information content (AvgIpc) is 2.38. The molecule has 0 saturated heterocycles. The van der Waals surface area contributed by atoms with Gasteiger partial charge in [0.25, 0.3) is 0 Å². The number of carbonyl (C=O) groups is 1. The average molecular weight is 264 g/mol. The van der Waals surface area contributed by atoms with Gasteiger partial charge >= 0.3 is 0 Å². The van der Waals surface area contributed by atoms with E-state index >= 15 is 0 Å². The highest BCUT2D eigenvalue weighted by Crippen LogP contribution is 2.33. The molecule has 0 radical (unpaired) electrons. The van der Waals surface area contributed by atoms with Crippen LogP contribution in [0.2, 0.25) is 5.02 Å². The summed E-state index contributed by atoms with van der Waals surface area (Å²) in [7, 11) is 1.58. The predicted molar refractivity (Wildman–Crippen MR) is 72.4 cm³/mol. The molecule has 0 amide bonds. The van der Waals surface area contributed by atoms with Crippen LogP contribution in [0.3, 0.4) is 0 Å². The van der Waals surface area contributed by atoms with E-state index in [-0.39, 0.29) is 5.92 Å². The Morgan fingerprint density at radius 1 is 1.39 bits per heavy atom. The number of aromatic nitrogens is 1. The standard InChI is InChI=1S/C14H14ClNO2/c1-9(7-8-17)10-3-5-12-11(14(10)15)4-6-13(16-12)18-2/h3-6,8-9H,7H2,1-2H3. The normalized spacial score (nSPS) is 12.4. The minimum atomic E-state index is 0.113. The van der Waals surface area contributed by atoms with Gasteiger partial charge in [-0.15, -0.1) is 0 Å². The van der Waals surface area contributed by atoms with Crippen LogP contribution in [0.25, 0.3) is 10.9 Å². The lowest BCUT2D eigenvalue weighted by atomic mass is 9.97. The summed E-state index contributed by atoms with van der Waals surface area (Å²) in [5.74, 6) is 0.675. The first-order chi connectivity index (χ1) is 8.67. The highest BCUT2D eigenvalue weighted by molar-refractivity contribution is 6.36. The van der Waals surface area contributed by atoms with Crippen LogP contribution in [0, 0.1) is 0 Å². The maximum Gasteiger partial charge on any atom is 0.213 e. The van der Waals surface area contributed by atoms with Gasteiger partial charge in [-0.05, 0) is 23.6 Å². The number of pyridine rings is 1. The van der Waals surface area contributed by atoms with Crippen LogP contribution in [0.1, 0.15) is 24.8 Å². The maximum absolute atomic E-state index is 10.6. The molecule has 0 spiro atoms. The molecule has 1 unspecified atom stereocenters. The molecule has 1 heterocycles. The van der Waals surface area contributed by atoms with Gasteiger partial charge in [0.1, 0.15) is 6.29 Å². The van der Waals surface area contributed by atoms with Crippen molar-refractivity contribution >= 4 is 28.8 Å². The third-order valence-corrected chi connectivity index (χ3v) is 3.42. The van der Waals surface area contributed by atoms with Crippen LogP contribution >= 0.6 is 11.6 Å². The van der Waals surface area contributed by atoms with Crippen molar-refractivity contribution in [1.82, 2.24) is 4.98 Å². The molecule has 0 bridgehead atoms. The Morgan fingerprint density at radius 3 is 2.83 bits per heavy atom. The fourth-order valence-corrected chi connectivity index (χ4v) is 2.34. The van der Waals surface area contributed by atoms with Crippen molar-refractivity contribution in [2.24, 2.45) is 0 Å². The van der Waals surface area contributed by atoms with E-state index < -0.39 is 0 Å². The molecule has 3 nitrogen and oxygen atoms in total. The first kappa shape index (κ1) is 12.8. The first-order valence-electron chi connectivity index (χ1n) is 5.74. The number of ether oxygens (including phenoxy) is 1. The smallest absolute Gasteiger partial charge is 0.213 e. The number of nitrogens with zero attached hydrogens (tertiary/aromatic N) is 1. The summed E-state index contributed by atoms with van der Waals surface area (Å²) in [4.78, 5) is 14.9. The van der Waals surface area contributed by atoms with E-state index in [1.165, 1.54) is 0 Å². The van der Waals surface area contributed by atoms with E-state index in [0.29, 0.717) is 17.3 Å². The molecule has 2 rings (SSSR count). The van der Waals surface area contributed by atoms with Gasteiger partial charge < -0.3 is 9.53 Å². The van der Waals surface area contributed by atoms with E-state index in [1.807, 2.05) is 25.1 Å². The third kappa shape index (κ3) is 2.31. The number of fused-ring (bicyclic) bond motifs is 1. The molecule has 18 heavy (non-hydrogen) atoms. The van der Waals surface area contributed by atoms with Crippen molar-refractivity contribution in [2.75, 3.05) is 7.11 Å². The van der Waals surface area contributed by atoms with Crippen LogP contribution in [0.5, 0.6) is 5.88 Å². The van der Waals surface area contributed by atoms with Crippen LogP contribution in [0.15, 0.2) is 24.3 Å². The zero-order valence-corrected chi connectivity index (χ0v) is 11.1. The zero-order chi connectivity index (χ0) is 13.1. The third-order valence-electron chi connectivity index (χ3n) is 3.00. The van der Waals surface area contributed by atoms with Crippen molar-refractivity contribution < 1.29 is 9.53 Å². The molecule has 0 N–H and O–H groups in total. The van der Waals surface area contributed by atoms with Crippen molar-refractivity contribution in [3.63, 3.8) is 0 Å². The summed E-state index contributed by atoms with van der Waals surface area (Å²) in [5.41, 5.74) is 1.77. The highest BCUT2D eigenvalue weighted by atomic mass is 35.5. The minimum Gasteiger partial charge on any atom is -0.481 e. The number of halogens is 1. The lowest BCUT2D eigenvalue weighted by molar-refractivity contribution is -0.108. The summed E-state index contributed by atoms with van der Waals surface area (Å²) in [5, 5.41) is 1.55. The zero-order valence-electron chi connectivity index (χ0n) is 10.3. The molecule has 0 aliphatic carbocycles. The van der Waals surface area contributed by atoms with Gasteiger partial charge in [-0.2, -0.15) is 0 Å². The Hall–Kier alpha value is -1.61.